The highest BCUT2D eigenvalue weighted by molar-refractivity contribution is 9.10. The number of nitrogens with zero attached hydrogens (tertiary/aromatic N) is 5. The Kier molecular flexibility index (Phi) is 3.46. The van der Waals surface area contributed by atoms with E-state index in [1.807, 2.05) is 9.47 Å². The number of halogens is 1. The van der Waals surface area contributed by atoms with Crippen molar-refractivity contribution in [1.82, 2.24) is 24.4 Å². The fourth-order valence-corrected chi connectivity index (χ4v) is 2.62. The van der Waals surface area contributed by atoms with Crippen molar-refractivity contribution in [3.05, 3.63) is 17.1 Å². The maximum atomic E-state index is 11.5. The number of carbonyl (C=O) groups excluding carboxylic acids is 1. The molecule has 1 saturated heterocycles. The van der Waals surface area contributed by atoms with Crippen molar-refractivity contribution < 1.29 is 4.79 Å². The zero-order chi connectivity index (χ0) is 13.2. The normalized spacial score (nSPS) is 15.6. The molecule has 3 rings (SSSR count). The molecule has 19 heavy (non-hydrogen) atoms. The van der Waals surface area contributed by atoms with Crippen LogP contribution in [0.5, 0.6) is 0 Å². The van der Waals surface area contributed by atoms with Gasteiger partial charge in [-0.05, 0) is 28.8 Å². The smallest absolute Gasteiger partial charge is 0.222 e. The van der Waals surface area contributed by atoms with Crippen molar-refractivity contribution in [2.45, 2.75) is 25.8 Å². The summed E-state index contributed by atoms with van der Waals surface area (Å²) in [5.74, 6) is 0.276. The Balaban J connectivity index is 1.65. The van der Waals surface area contributed by atoms with Crippen molar-refractivity contribution in [3.63, 3.8) is 0 Å². The molecule has 0 bridgehead atoms. The zero-order valence-electron chi connectivity index (χ0n) is 10.4. The highest BCUT2D eigenvalue weighted by Gasteiger charge is 2.19. The fraction of sp³-hybridized carbons (Fsp3) is 0.500. The monoisotopic (exact) mass is 323 g/mol. The van der Waals surface area contributed by atoms with E-state index in [4.69, 9.17) is 0 Å². The van der Waals surface area contributed by atoms with Crippen LogP contribution in [0, 0.1) is 0 Å². The van der Waals surface area contributed by atoms with Gasteiger partial charge in [0.15, 0.2) is 11.3 Å². The molecule has 3 heterocycles. The second kappa shape index (κ2) is 5.24. The molecule has 100 valence electrons. The predicted octanol–water partition coefficient (Wildman–Crippen LogP) is 1.60. The van der Waals surface area contributed by atoms with E-state index in [0.717, 1.165) is 38.1 Å². The zero-order valence-corrected chi connectivity index (χ0v) is 12.0. The minimum absolute atomic E-state index is 0.276. The van der Waals surface area contributed by atoms with E-state index in [-0.39, 0.29) is 5.91 Å². The van der Waals surface area contributed by atoms with Crippen LogP contribution in [-0.4, -0.2) is 43.4 Å². The van der Waals surface area contributed by atoms with Gasteiger partial charge in [0.05, 0.1) is 12.5 Å². The Hall–Kier alpha value is -1.50. The lowest BCUT2D eigenvalue weighted by atomic mass is 10.4. The van der Waals surface area contributed by atoms with Crippen molar-refractivity contribution in [2.75, 3.05) is 13.1 Å². The molecule has 2 aromatic rings. The number of amides is 1. The van der Waals surface area contributed by atoms with Crippen molar-refractivity contribution in [1.29, 1.82) is 0 Å². The first kappa shape index (κ1) is 12.5. The number of likely N-dealkylation sites (tertiary alicyclic amines) is 1. The van der Waals surface area contributed by atoms with E-state index in [0.29, 0.717) is 16.7 Å². The molecule has 0 unspecified atom stereocenters. The number of fused-ring (bicyclic) bond motifs is 1. The van der Waals surface area contributed by atoms with Crippen LogP contribution < -0.4 is 0 Å². The van der Waals surface area contributed by atoms with Crippen molar-refractivity contribution >= 4 is 33.1 Å². The van der Waals surface area contributed by atoms with Gasteiger partial charge in [-0.2, -0.15) is 0 Å². The minimum Gasteiger partial charge on any atom is -0.343 e. The molecular weight excluding hydrogens is 310 g/mol. The summed E-state index contributed by atoms with van der Waals surface area (Å²) in [5, 5.41) is 0. The van der Waals surface area contributed by atoms with Gasteiger partial charge in [0, 0.05) is 26.1 Å². The summed E-state index contributed by atoms with van der Waals surface area (Å²) in [6.45, 7) is 2.50. The predicted molar refractivity (Wildman–Crippen MR) is 73.5 cm³/mol. The van der Waals surface area contributed by atoms with Crippen molar-refractivity contribution in [2.24, 2.45) is 0 Å². The molecule has 0 N–H and O–H groups in total. The molecule has 0 spiro atoms. The van der Waals surface area contributed by atoms with Gasteiger partial charge in [-0.15, -0.1) is 0 Å². The van der Waals surface area contributed by atoms with Crippen LogP contribution in [0.3, 0.4) is 0 Å². The van der Waals surface area contributed by atoms with Gasteiger partial charge < -0.3 is 9.47 Å². The summed E-state index contributed by atoms with van der Waals surface area (Å²) in [4.78, 5) is 26.2. The van der Waals surface area contributed by atoms with Crippen LogP contribution in [-0.2, 0) is 11.3 Å². The quantitative estimate of drug-likeness (QED) is 0.857. The molecule has 1 aliphatic heterocycles. The Morgan fingerprint density at radius 3 is 3.00 bits per heavy atom. The van der Waals surface area contributed by atoms with Crippen LogP contribution in [0.1, 0.15) is 19.3 Å². The van der Waals surface area contributed by atoms with Gasteiger partial charge in [-0.1, -0.05) is 0 Å². The lowest BCUT2D eigenvalue weighted by Gasteiger charge is -2.15. The third kappa shape index (κ3) is 2.60. The number of aryl methyl sites for hydroxylation is 1. The first-order chi connectivity index (χ1) is 9.24. The summed E-state index contributed by atoms with van der Waals surface area (Å²) in [5.41, 5.74) is 1.43. The molecule has 2 aromatic heterocycles. The summed E-state index contributed by atoms with van der Waals surface area (Å²) >= 11 is 3.31. The largest absolute Gasteiger partial charge is 0.343 e. The highest BCUT2D eigenvalue weighted by Crippen LogP contribution is 2.13. The van der Waals surface area contributed by atoms with Gasteiger partial charge in [-0.3, -0.25) is 4.79 Å². The van der Waals surface area contributed by atoms with Gasteiger partial charge in [-0.25, -0.2) is 15.0 Å². The second-order valence-corrected chi connectivity index (χ2v) is 5.43. The molecular formula is C12H14BrN5O. The average molecular weight is 324 g/mol. The van der Waals surface area contributed by atoms with E-state index in [9.17, 15) is 4.79 Å². The number of aromatic nitrogens is 4. The SMILES string of the molecule is O=C1CCCN1CCCn1cnc2ncc(Br)nc21. The molecule has 1 aliphatic rings. The summed E-state index contributed by atoms with van der Waals surface area (Å²) in [6, 6.07) is 0. The Morgan fingerprint density at radius 1 is 1.32 bits per heavy atom. The molecule has 0 saturated carbocycles. The van der Waals surface area contributed by atoms with E-state index in [1.165, 1.54) is 0 Å². The van der Waals surface area contributed by atoms with E-state index in [1.54, 1.807) is 12.5 Å². The Bertz CT molecular complexity index is 611. The van der Waals surface area contributed by atoms with Gasteiger partial charge >= 0.3 is 0 Å². The summed E-state index contributed by atoms with van der Waals surface area (Å²) in [7, 11) is 0. The van der Waals surface area contributed by atoms with Gasteiger partial charge in [0.1, 0.15) is 4.60 Å². The van der Waals surface area contributed by atoms with E-state index < -0.39 is 0 Å². The molecule has 6 nitrogen and oxygen atoms in total. The van der Waals surface area contributed by atoms with Gasteiger partial charge in [0.25, 0.3) is 0 Å². The third-order valence-electron chi connectivity index (χ3n) is 3.30. The molecule has 0 aromatic carbocycles. The van der Waals surface area contributed by atoms with Crippen LogP contribution in [0.15, 0.2) is 17.1 Å². The Morgan fingerprint density at radius 2 is 2.21 bits per heavy atom. The number of hydrogen-bond acceptors (Lipinski definition) is 4. The molecule has 7 heteroatoms. The molecule has 0 radical (unpaired) electrons. The number of rotatable bonds is 4. The first-order valence-corrected chi connectivity index (χ1v) is 7.14. The number of imidazole rings is 1. The maximum Gasteiger partial charge on any atom is 0.222 e. The molecule has 0 aliphatic carbocycles. The minimum atomic E-state index is 0.276. The topological polar surface area (TPSA) is 63.9 Å². The van der Waals surface area contributed by atoms with Crippen LogP contribution >= 0.6 is 15.9 Å². The van der Waals surface area contributed by atoms with Crippen LogP contribution in [0.25, 0.3) is 11.3 Å². The highest BCUT2D eigenvalue weighted by atomic mass is 79.9. The van der Waals surface area contributed by atoms with Crippen LogP contribution in [0.2, 0.25) is 0 Å². The summed E-state index contributed by atoms with van der Waals surface area (Å²) < 4.78 is 2.68. The van der Waals surface area contributed by atoms with Crippen LogP contribution in [0.4, 0.5) is 0 Å². The molecule has 0 atom stereocenters. The molecule has 1 fully saturated rings. The third-order valence-corrected chi connectivity index (χ3v) is 3.68. The maximum absolute atomic E-state index is 11.5. The Labute approximate surface area is 119 Å². The summed E-state index contributed by atoms with van der Waals surface area (Å²) in [6.07, 6.45) is 5.99. The van der Waals surface area contributed by atoms with Gasteiger partial charge in [0.2, 0.25) is 5.91 Å². The second-order valence-electron chi connectivity index (χ2n) is 4.62. The lowest BCUT2D eigenvalue weighted by molar-refractivity contribution is -0.127. The number of carbonyl (C=O) groups is 1. The van der Waals surface area contributed by atoms with E-state index >= 15 is 0 Å². The standard InChI is InChI=1S/C12H14BrN5O/c13-9-7-14-11-12(16-9)18(8-15-11)6-2-5-17-4-1-3-10(17)19/h7-8H,1-6H2. The van der Waals surface area contributed by atoms with Crippen molar-refractivity contribution in [3.8, 4) is 0 Å². The van der Waals surface area contributed by atoms with E-state index in [2.05, 4.69) is 30.9 Å². The average Bonchev–Trinajstić information content (AvgIpc) is 2.97. The molecule has 1 amide bonds. The number of hydrogen-bond donors (Lipinski definition) is 0. The first-order valence-electron chi connectivity index (χ1n) is 6.35. The fourth-order valence-electron chi connectivity index (χ4n) is 2.35. The lowest BCUT2D eigenvalue weighted by Crippen LogP contribution is -2.26.